The summed E-state index contributed by atoms with van der Waals surface area (Å²) in [7, 11) is 0. The van der Waals surface area contributed by atoms with Gasteiger partial charge in [0, 0.05) is 17.4 Å². The molecular weight excluding hydrogens is 252 g/mol. The van der Waals surface area contributed by atoms with Crippen molar-refractivity contribution in [3.05, 3.63) is 35.7 Å². The molecule has 0 N–H and O–H groups in total. The highest BCUT2D eigenvalue weighted by atomic mass is 16.1. The van der Waals surface area contributed by atoms with E-state index in [-0.39, 0.29) is 11.2 Å². The molecule has 1 aromatic heterocycles. The average molecular weight is 270 g/mol. The van der Waals surface area contributed by atoms with Crippen molar-refractivity contribution < 1.29 is 4.79 Å². The molecule has 0 saturated heterocycles. The van der Waals surface area contributed by atoms with Crippen LogP contribution >= 0.6 is 0 Å². The van der Waals surface area contributed by atoms with Crippen LogP contribution in [0.4, 0.5) is 0 Å². The molecule has 0 fully saturated rings. The van der Waals surface area contributed by atoms with Gasteiger partial charge < -0.3 is 0 Å². The standard InChI is InChI=1S/C15H18N4O/c1-10-16-18-14(19-17-10)12-7-5-11(6-8-12)9-13(20)15(2,3)4/h5-8H,9H2,1-4H3. The number of rotatable bonds is 3. The summed E-state index contributed by atoms with van der Waals surface area (Å²) >= 11 is 0. The zero-order valence-corrected chi connectivity index (χ0v) is 12.2. The van der Waals surface area contributed by atoms with E-state index in [0.717, 1.165) is 11.1 Å². The zero-order valence-electron chi connectivity index (χ0n) is 12.2. The maximum Gasteiger partial charge on any atom is 0.203 e. The molecule has 0 atom stereocenters. The number of carbonyl (C=O) groups is 1. The van der Waals surface area contributed by atoms with Crippen molar-refractivity contribution in [1.82, 2.24) is 20.4 Å². The predicted molar refractivity (Wildman–Crippen MR) is 76.0 cm³/mol. The third-order valence-corrected chi connectivity index (χ3v) is 2.99. The maximum atomic E-state index is 12.0. The Balaban J connectivity index is 2.14. The van der Waals surface area contributed by atoms with Crippen LogP contribution in [0.1, 0.15) is 32.2 Å². The molecule has 0 spiro atoms. The molecule has 0 amide bonds. The van der Waals surface area contributed by atoms with E-state index in [1.165, 1.54) is 0 Å². The average Bonchev–Trinajstić information content (AvgIpc) is 2.39. The second kappa shape index (κ2) is 5.45. The summed E-state index contributed by atoms with van der Waals surface area (Å²) in [4.78, 5) is 12.0. The van der Waals surface area contributed by atoms with Crippen LogP contribution in [-0.2, 0) is 11.2 Å². The van der Waals surface area contributed by atoms with Gasteiger partial charge in [-0.25, -0.2) is 0 Å². The lowest BCUT2D eigenvalue weighted by atomic mass is 9.87. The first kappa shape index (κ1) is 14.2. The number of aryl methyl sites for hydroxylation is 1. The Morgan fingerprint density at radius 2 is 1.55 bits per heavy atom. The number of Topliss-reactive ketones (excluding diaryl/α,β-unsaturated/α-hetero) is 1. The van der Waals surface area contributed by atoms with Gasteiger partial charge in [-0.3, -0.25) is 4.79 Å². The Hall–Kier alpha value is -2.17. The Kier molecular flexibility index (Phi) is 3.88. The second-order valence-electron chi connectivity index (χ2n) is 5.82. The van der Waals surface area contributed by atoms with Crippen LogP contribution in [0.5, 0.6) is 0 Å². The normalized spacial score (nSPS) is 11.4. The molecule has 0 unspecified atom stereocenters. The lowest BCUT2D eigenvalue weighted by molar-refractivity contribution is -0.125. The van der Waals surface area contributed by atoms with Crippen molar-refractivity contribution in [2.45, 2.75) is 34.1 Å². The monoisotopic (exact) mass is 270 g/mol. The van der Waals surface area contributed by atoms with Crippen LogP contribution in [0, 0.1) is 12.3 Å². The summed E-state index contributed by atoms with van der Waals surface area (Å²) in [6, 6.07) is 7.61. The summed E-state index contributed by atoms with van der Waals surface area (Å²) < 4.78 is 0. The first-order valence-corrected chi connectivity index (χ1v) is 6.53. The molecule has 1 heterocycles. The molecule has 0 radical (unpaired) electrons. The van der Waals surface area contributed by atoms with Gasteiger partial charge in [0.2, 0.25) is 5.82 Å². The number of carbonyl (C=O) groups excluding carboxylic acids is 1. The summed E-state index contributed by atoms with van der Waals surface area (Å²) in [5.41, 5.74) is 1.52. The minimum Gasteiger partial charge on any atom is -0.299 e. The van der Waals surface area contributed by atoms with E-state index in [4.69, 9.17) is 0 Å². The van der Waals surface area contributed by atoms with Crippen molar-refractivity contribution >= 4 is 5.78 Å². The summed E-state index contributed by atoms with van der Waals surface area (Å²) in [6.07, 6.45) is 0.440. The van der Waals surface area contributed by atoms with Gasteiger partial charge in [-0.15, -0.1) is 20.4 Å². The fraction of sp³-hybridized carbons (Fsp3) is 0.400. The van der Waals surface area contributed by atoms with Gasteiger partial charge in [0.05, 0.1) is 0 Å². The second-order valence-corrected chi connectivity index (χ2v) is 5.82. The molecule has 0 bridgehead atoms. The molecule has 2 rings (SSSR count). The first-order valence-electron chi connectivity index (χ1n) is 6.53. The van der Waals surface area contributed by atoms with Gasteiger partial charge in [0.15, 0.2) is 5.82 Å². The minimum absolute atomic E-state index is 0.222. The van der Waals surface area contributed by atoms with Crippen molar-refractivity contribution in [2.75, 3.05) is 0 Å². The van der Waals surface area contributed by atoms with E-state index in [2.05, 4.69) is 20.4 Å². The minimum atomic E-state index is -0.313. The van der Waals surface area contributed by atoms with Gasteiger partial charge in [0.1, 0.15) is 5.78 Å². The summed E-state index contributed by atoms with van der Waals surface area (Å²) in [5.74, 6) is 1.26. The third kappa shape index (κ3) is 3.44. The Bertz CT molecular complexity index is 597. The van der Waals surface area contributed by atoms with Gasteiger partial charge in [-0.05, 0) is 12.5 Å². The van der Waals surface area contributed by atoms with Gasteiger partial charge in [0.25, 0.3) is 0 Å². The Morgan fingerprint density at radius 1 is 1.00 bits per heavy atom. The molecular formula is C15H18N4O. The largest absolute Gasteiger partial charge is 0.299 e. The molecule has 0 aliphatic heterocycles. The number of ketones is 1. The Labute approximate surface area is 118 Å². The molecule has 1 aromatic carbocycles. The van der Waals surface area contributed by atoms with Crippen molar-refractivity contribution in [2.24, 2.45) is 5.41 Å². The molecule has 104 valence electrons. The molecule has 5 nitrogen and oxygen atoms in total. The van der Waals surface area contributed by atoms with E-state index in [1.54, 1.807) is 6.92 Å². The van der Waals surface area contributed by atoms with Gasteiger partial charge >= 0.3 is 0 Å². The van der Waals surface area contributed by atoms with Crippen molar-refractivity contribution in [3.8, 4) is 11.4 Å². The smallest absolute Gasteiger partial charge is 0.203 e. The van der Waals surface area contributed by atoms with E-state index >= 15 is 0 Å². The molecule has 0 aliphatic rings. The van der Waals surface area contributed by atoms with Crippen LogP contribution in [-0.4, -0.2) is 26.2 Å². The van der Waals surface area contributed by atoms with Crippen LogP contribution in [0.3, 0.4) is 0 Å². The summed E-state index contributed by atoms with van der Waals surface area (Å²) in [6.45, 7) is 7.54. The van der Waals surface area contributed by atoms with E-state index < -0.39 is 0 Å². The lowest BCUT2D eigenvalue weighted by Gasteiger charge is -2.16. The highest BCUT2D eigenvalue weighted by Crippen LogP contribution is 2.19. The summed E-state index contributed by atoms with van der Waals surface area (Å²) in [5, 5.41) is 15.7. The first-order chi connectivity index (χ1) is 9.36. The third-order valence-electron chi connectivity index (χ3n) is 2.99. The van der Waals surface area contributed by atoms with Crippen LogP contribution in [0.2, 0.25) is 0 Å². The Morgan fingerprint density at radius 3 is 2.05 bits per heavy atom. The molecule has 20 heavy (non-hydrogen) atoms. The molecule has 0 saturated carbocycles. The highest BCUT2D eigenvalue weighted by Gasteiger charge is 2.21. The van der Waals surface area contributed by atoms with Gasteiger partial charge in [-0.1, -0.05) is 45.0 Å². The number of aromatic nitrogens is 4. The fourth-order valence-corrected chi connectivity index (χ4v) is 1.62. The zero-order chi connectivity index (χ0) is 14.8. The van der Waals surface area contributed by atoms with Crippen molar-refractivity contribution in [1.29, 1.82) is 0 Å². The van der Waals surface area contributed by atoms with Crippen LogP contribution in [0.15, 0.2) is 24.3 Å². The van der Waals surface area contributed by atoms with Crippen molar-refractivity contribution in [3.63, 3.8) is 0 Å². The number of hydrogen-bond acceptors (Lipinski definition) is 5. The molecule has 5 heteroatoms. The molecule has 2 aromatic rings. The lowest BCUT2D eigenvalue weighted by Crippen LogP contribution is -2.22. The van der Waals surface area contributed by atoms with Crippen LogP contribution in [0.25, 0.3) is 11.4 Å². The van der Waals surface area contributed by atoms with E-state index in [0.29, 0.717) is 18.1 Å². The van der Waals surface area contributed by atoms with E-state index in [1.807, 2.05) is 45.0 Å². The van der Waals surface area contributed by atoms with Gasteiger partial charge in [-0.2, -0.15) is 0 Å². The number of hydrogen-bond donors (Lipinski definition) is 0. The fourth-order valence-electron chi connectivity index (χ4n) is 1.62. The number of benzene rings is 1. The van der Waals surface area contributed by atoms with Crippen LogP contribution < -0.4 is 0 Å². The SMILES string of the molecule is Cc1nnc(-c2ccc(CC(=O)C(C)(C)C)cc2)nn1. The maximum absolute atomic E-state index is 12.0. The van der Waals surface area contributed by atoms with E-state index in [9.17, 15) is 4.79 Å². The topological polar surface area (TPSA) is 68.6 Å². The predicted octanol–water partition coefficient (Wildman–Crippen LogP) is 2.40. The quantitative estimate of drug-likeness (QED) is 0.856. The highest BCUT2D eigenvalue weighted by molar-refractivity contribution is 5.85. The number of nitrogens with zero attached hydrogens (tertiary/aromatic N) is 4. The molecule has 0 aliphatic carbocycles.